The van der Waals surface area contributed by atoms with Crippen LogP contribution in [0, 0.1) is 0 Å². The van der Waals surface area contributed by atoms with Gasteiger partial charge in [-0.1, -0.05) is 45.4 Å². The van der Waals surface area contributed by atoms with Gasteiger partial charge in [-0.05, 0) is 6.42 Å². The van der Waals surface area contributed by atoms with Crippen LogP contribution in [-0.2, 0) is 23.7 Å². The molecule has 0 heterocycles. The molecule has 0 radical (unpaired) electrons. The molecule has 0 saturated carbocycles. The zero-order valence-corrected chi connectivity index (χ0v) is 14.5. The van der Waals surface area contributed by atoms with Gasteiger partial charge in [0.25, 0.3) is 0 Å². The second-order valence-corrected chi connectivity index (χ2v) is 5.12. The molecule has 128 valence electrons. The normalized spacial score (nSPS) is 13.6. The second kappa shape index (κ2) is 13.5. The molecule has 0 fully saturated rings. The summed E-state index contributed by atoms with van der Waals surface area (Å²) in [6.07, 6.45) is 7.98. The van der Waals surface area contributed by atoms with Gasteiger partial charge in [-0.15, -0.1) is 0 Å². The van der Waals surface area contributed by atoms with E-state index in [2.05, 4.69) is 6.92 Å². The summed E-state index contributed by atoms with van der Waals surface area (Å²) in [5, 5.41) is 0. The van der Waals surface area contributed by atoms with Crippen LogP contribution in [0.4, 0.5) is 0 Å². The molecule has 21 heavy (non-hydrogen) atoms. The van der Waals surface area contributed by atoms with E-state index in [1.807, 2.05) is 0 Å². The first-order chi connectivity index (χ1) is 10.2. The summed E-state index contributed by atoms with van der Waals surface area (Å²) in [6.45, 7) is 3.26. The molecule has 0 aromatic carbocycles. The SMILES string of the molecule is CCCCCCCCC(OCCOC)C(OC)(OC)OC. The van der Waals surface area contributed by atoms with E-state index in [4.69, 9.17) is 23.7 Å². The van der Waals surface area contributed by atoms with Crippen LogP contribution < -0.4 is 0 Å². The van der Waals surface area contributed by atoms with Gasteiger partial charge in [0, 0.05) is 28.4 Å². The molecule has 0 amide bonds. The van der Waals surface area contributed by atoms with Gasteiger partial charge >= 0.3 is 5.97 Å². The molecule has 5 nitrogen and oxygen atoms in total. The lowest BCUT2D eigenvalue weighted by Crippen LogP contribution is -2.49. The predicted octanol–water partition coefficient (Wildman–Crippen LogP) is 3.36. The monoisotopic (exact) mass is 306 g/mol. The molecule has 0 rings (SSSR count). The van der Waals surface area contributed by atoms with Crippen molar-refractivity contribution >= 4 is 0 Å². The average molecular weight is 306 g/mol. The zero-order valence-electron chi connectivity index (χ0n) is 14.5. The third-order valence-corrected chi connectivity index (χ3v) is 3.67. The van der Waals surface area contributed by atoms with Crippen LogP contribution in [0.1, 0.15) is 51.9 Å². The lowest BCUT2D eigenvalue weighted by Gasteiger charge is -2.36. The number of ether oxygens (including phenoxy) is 5. The van der Waals surface area contributed by atoms with Crippen molar-refractivity contribution in [2.24, 2.45) is 0 Å². The van der Waals surface area contributed by atoms with Gasteiger partial charge in [0.1, 0.15) is 6.10 Å². The van der Waals surface area contributed by atoms with Crippen molar-refractivity contribution in [2.75, 3.05) is 41.7 Å². The van der Waals surface area contributed by atoms with E-state index in [1.54, 1.807) is 28.4 Å². The van der Waals surface area contributed by atoms with Crippen LogP contribution in [-0.4, -0.2) is 53.7 Å². The third kappa shape index (κ3) is 8.12. The van der Waals surface area contributed by atoms with Crippen molar-refractivity contribution in [2.45, 2.75) is 63.9 Å². The number of methoxy groups -OCH3 is 4. The summed E-state index contributed by atoms with van der Waals surface area (Å²) >= 11 is 0. The van der Waals surface area contributed by atoms with Gasteiger partial charge in [-0.25, -0.2) is 0 Å². The number of rotatable bonds is 15. The molecule has 0 spiro atoms. The predicted molar refractivity (Wildman–Crippen MR) is 83.4 cm³/mol. The minimum Gasteiger partial charge on any atom is -0.382 e. The summed E-state index contributed by atoms with van der Waals surface area (Å²) in [5.41, 5.74) is 0. The Morgan fingerprint density at radius 3 is 1.86 bits per heavy atom. The van der Waals surface area contributed by atoms with E-state index in [-0.39, 0.29) is 6.10 Å². The summed E-state index contributed by atoms with van der Waals surface area (Å²) < 4.78 is 27.1. The number of hydrogen-bond donors (Lipinski definition) is 0. The zero-order chi connectivity index (χ0) is 16.0. The molecule has 0 aliphatic carbocycles. The minimum absolute atomic E-state index is 0.265. The Kier molecular flexibility index (Phi) is 13.3. The Labute approximate surface area is 130 Å². The fourth-order valence-corrected chi connectivity index (χ4v) is 2.39. The highest BCUT2D eigenvalue weighted by atomic mass is 16.9. The molecule has 0 aromatic rings. The summed E-state index contributed by atoms with van der Waals surface area (Å²) in [7, 11) is 6.37. The molecule has 0 aliphatic heterocycles. The van der Waals surface area contributed by atoms with Gasteiger partial charge < -0.3 is 23.7 Å². The van der Waals surface area contributed by atoms with Crippen molar-refractivity contribution in [3.05, 3.63) is 0 Å². The van der Waals surface area contributed by atoms with Crippen LogP contribution in [0.5, 0.6) is 0 Å². The fourth-order valence-electron chi connectivity index (χ4n) is 2.39. The topological polar surface area (TPSA) is 46.2 Å². The van der Waals surface area contributed by atoms with Gasteiger partial charge in [0.2, 0.25) is 0 Å². The third-order valence-electron chi connectivity index (χ3n) is 3.67. The summed E-state index contributed by atoms with van der Waals surface area (Å²) in [5.74, 6) is -1.14. The van der Waals surface area contributed by atoms with Crippen molar-refractivity contribution in [3.63, 3.8) is 0 Å². The van der Waals surface area contributed by atoms with Crippen molar-refractivity contribution in [3.8, 4) is 0 Å². The van der Waals surface area contributed by atoms with E-state index < -0.39 is 5.97 Å². The molecule has 1 unspecified atom stereocenters. The first kappa shape index (κ1) is 20.8. The van der Waals surface area contributed by atoms with E-state index in [1.165, 1.54) is 32.1 Å². The Balaban J connectivity index is 4.30. The molecule has 0 bridgehead atoms. The molecule has 1 atom stereocenters. The highest BCUT2D eigenvalue weighted by Gasteiger charge is 2.40. The van der Waals surface area contributed by atoms with Crippen LogP contribution in [0.2, 0.25) is 0 Å². The lowest BCUT2D eigenvalue weighted by molar-refractivity contribution is -0.394. The molecule has 0 saturated heterocycles. The Morgan fingerprint density at radius 2 is 1.33 bits per heavy atom. The van der Waals surface area contributed by atoms with Crippen molar-refractivity contribution in [1.82, 2.24) is 0 Å². The summed E-state index contributed by atoms with van der Waals surface area (Å²) in [4.78, 5) is 0. The Bertz CT molecular complexity index is 210. The smallest absolute Gasteiger partial charge is 0.310 e. The maximum absolute atomic E-state index is 5.85. The van der Waals surface area contributed by atoms with Gasteiger partial charge in [-0.2, -0.15) is 0 Å². The van der Waals surface area contributed by atoms with Gasteiger partial charge in [0.05, 0.1) is 13.2 Å². The van der Waals surface area contributed by atoms with Gasteiger partial charge in [0.15, 0.2) is 0 Å². The highest BCUT2D eigenvalue weighted by molar-refractivity contribution is 4.71. The average Bonchev–Trinajstić information content (AvgIpc) is 2.52. The largest absolute Gasteiger partial charge is 0.382 e. The minimum atomic E-state index is -1.14. The van der Waals surface area contributed by atoms with Crippen LogP contribution >= 0.6 is 0 Å². The van der Waals surface area contributed by atoms with Crippen LogP contribution in [0.3, 0.4) is 0 Å². The van der Waals surface area contributed by atoms with Crippen molar-refractivity contribution < 1.29 is 23.7 Å². The quantitative estimate of drug-likeness (QED) is 0.343. The molecule has 0 N–H and O–H groups in total. The Morgan fingerprint density at radius 1 is 0.762 bits per heavy atom. The lowest BCUT2D eigenvalue weighted by atomic mass is 10.1. The molecular weight excluding hydrogens is 272 g/mol. The van der Waals surface area contributed by atoms with Crippen LogP contribution in [0.25, 0.3) is 0 Å². The molecule has 0 aliphatic rings. The molecular formula is C16H34O5. The summed E-state index contributed by atoms with van der Waals surface area (Å²) in [6, 6.07) is 0. The number of unbranched alkanes of at least 4 members (excludes halogenated alkanes) is 5. The van der Waals surface area contributed by atoms with Crippen LogP contribution in [0.15, 0.2) is 0 Å². The first-order valence-corrected chi connectivity index (χ1v) is 7.96. The van der Waals surface area contributed by atoms with Gasteiger partial charge in [-0.3, -0.25) is 0 Å². The van der Waals surface area contributed by atoms with E-state index >= 15 is 0 Å². The fraction of sp³-hybridized carbons (Fsp3) is 1.00. The maximum Gasteiger partial charge on any atom is 0.310 e. The first-order valence-electron chi connectivity index (χ1n) is 7.96. The highest BCUT2D eigenvalue weighted by Crippen LogP contribution is 2.25. The number of hydrogen-bond acceptors (Lipinski definition) is 5. The molecule has 5 heteroatoms. The standard InChI is InChI=1S/C16H34O5/c1-6-7-8-9-10-11-12-15(21-14-13-17-2)16(18-3,19-4)20-5/h15H,6-14H2,1-5H3. The Hall–Kier alpha value is -0.200. The van der Waals surface area contributed by atoms with E-state index in [0.29, 0.717) is 13.2 Å². The van der Waals surface area contributed by atoms with E-state index in [9.17, 15) is 0 Å². The maximum atomic E-state index is 5.85. The molecule has 0 aromatic heterocycles. The second-order valence-electron chi connectivity index (χ2n) is 5.12. The van der Waals surface area contributed by atoms with Crippen molar-refractivity contribution in [1.29, 1.82) is 0 Å². The van der Waals surface area contributed by atoms with E-state index in [0.717, 1.165) is 12.8 Å².